The molecule has 6 nitrogen and oxygen atoms in total. The Morgan fingerprint density at radius 1 is 1.21 bits per heavy atom. The molecular formula is C22H26N4O2. The molecule has 0 bridgehead atoms. The lowest BCUT2D eigenvalue weighted by Gasteiger charge is -2.23. The molecule has 1 aromatic carbocycles. The Hall–Kier alpha value is -2.86. The molecule has 1 aliphatic rings. The molecule has 3 aromatic rings. The number of nitrogens with one attached hydrogen (secondary N) is 2. The molecule has 1 fully saturated rings. The smallest absolute Gasteiger partial charge is 0.270 e. The van der Waals surface area contributed by atoms with Crippen LogP contribution in [0.3, 0.4) is 0 Å². The Labute approximate surface area is 164 Å². The molecule has 28 heavy (non-hydrogen) atoms. The zero-order chi connectivity index (χ0) is 19.5. The summed E-state index contributed by atoms with van der Waals surface area (Å²) >= 11 is 0. The largest absolute Gasteiger partial charge is 0.485 e. The van der Waals surface area contributed by atoms with Gasteiger partial charge in [0.25, 0.3) is 5.91 Å². The fraction of sp³-hybridized carbons (Fsp3) is 0.364. The van der Waals surface area contributed by atoms with E-state index in [9.17, 15) is 4.79 Å². The SMILES string of the molecule is Cc1ccccc1COc1cccn2c(C(=O)NC3CCNCC3)c(C)nc12. The van der Waals surface area contributed by atoms with Crippen molar-refractivity contribution < 1.29 is 9.53 Å². The van der Waals surface area contributed by atoms with E-state index in [1.54, 1.807) is 0 Å². The Kier molecular flexibility index (Phi) is 5.30. The van der Waals surface area contributed by atoms with Gasteiger partial charge in [-0.15, -0.1) is 0 Å². The van der Waals surface area contributed by atoms with Crippen LogP contribution in [0, 0.1) is 13.8 Å². The van der Waals surface area contributed by atoms with E-state index < -0.39 is 0 Å². The zero-order valence-corrected chi connectivity index (χ0v) is 16.4. The second-order valence-electron chi connectivity index (χ2n) is 7.32. The van der Waals surface area contributed by atoms with Crippen LogP contribution in [0.2, 0.25) is 0 Å². The number of piperidine rings is 1. The van der Waals surface area contributed by atoms with Crippen molar-refractivity contribution in [1.82, 2.24) is 20.0 Å². The standard InChI is InChI=1S/C22H26N4O2/c1-15-6-3-4-7-17(15)14-28-19-8-5-13-26-20(16(2)24-21(19)26)22(27)25-18-9-11-23-12-10-18/h3-8,13,18,23H,9-12,14H2,1-2H3,(H,25,27). The molecule has 0 spiro atoms. The summed E-state index contributed by atoms with van der Waals surface area (Å²) in [5.41, 5.74) is 4.28. The molecule has 4 rings (SSSR count). The average molecular weight is 378 g/mol. The van der Waals surface area contributed by atoms with Gasteiger partial charge < -0.3 is 15.4 Å². The molecule has 0 radical (unpaired) electrons. The molecule has 0 aliphatic carbocycles. The molecule has 0 atom stereocenters. The molecule has 3 heterocycles. The third kappa shape index (κ3) is 3.73. The van der Waals surface area contributed by atoms with Crippen molar-refractivity contribution in [3.05, 3.63) is 65.1 Å². The lowest BCUT2D eigenvalue weighted by atomic mass is 10.1. The van der Waals surface area contributed by atoms with Gasteiger partial charge in [-0.2, -0.15) is 0 Å². The maximum absolute atomic E-state index is 12.9. The molecular weight excluding hydrogens is 352 g/mol. The predicted molar refractivity (Wildman–Crippen MR) is 109 cm³/mol. The maximum Gasteiger partial charge on any atom is 0.270 e. The van der Waals surface area contributed by atoms with Crippen molar-refractivity contribution in [2.45, 2.75) is 39.3 Å². The van der Waals surface area contributed by atoms with Gasteiger partial charge in [0.1, 0.15) is 12.3 Å². The van der Waals surface area contributed by atoms with Gasteiger partial charge in [-0.3, -0.25) is 9.20 Å². The molecule has 2 N–H and O–H groups in total. The molecule has 1 aliphatic heterocycles. The summed E-state index contributed by atoms with van der Waals surface area (Å²) < 4.78 is 7.89. The Bertz CT molecular complexity index is 989. The van der Waals surface area contributed by atoms with Crippen LogP contribution in [0.15, 0.2) is 42.6 Å². The van der Waals surface area contributed by atoms with Crippen molar-refractivity contribution in [3.8, 4) is 5.75 Å². The number of ether oxygens (including phenoxy) is 1. The van der Waals surface area contributed by atoms with Crippen LogP contribution in [0.1, 0.15) is 40.2 Å². The quantitative estimate of drug-likeness (QED) is 0.716. The number of nitrogens with zero attached hydrogens (tertiary/aromatic N) is 2. The summed E-state index contributed by atoms with van der Waals surface area (Å²) in [7, 11) is 0. The summed E-state index contributed by atoms with van der Waals surface area (Å²) in [5, 5.41) is 6.48. The van der Waals surface area contributed by atoms with Gasteiger partial charge in [0.15, 0.2) is 11.4 Å². The van der Waals surface area contributed by atoms with E-state index in [1.807, 2.05) is 41.8 Å². The van der Waals surface area contributed by atoms with Gasteiger partial charge >= 0.3 is 0 Å². The van der Waals surface area contributed by atoms with E-state index >= 15 is 0 Å². The van der Waals surface area contributed by atoms with Gasteiger partial charge in [0, 0.05) is 12.2 Å². The second kappa shape index (κ2) is 8.02. The number of hydrogen-bond donors (Lipinski definition) is 2. The van der Waals surface area contributed by atoms with E-state index in [0.717, 1.165) is 31.5 Å². The fourth-order valence-electron chi connectivity index (χ4n) is 3.69. The van der Waals surface area contributed by atoms with Crippen molar-refractivity contribution in [2.75, 3.05) is 13.1 Å². The van der Waals surface area contributed by atoms with Crippen molar-refractivity contribution in [1.29, 1.82) is 0 Å². The number of rotatable bonds is 5. The van der Waals surface area contributed by atoms with Crippen LogP contribution in [-0.2, 0) is 6.61 Å². The first kappa shape index (κ1) is 18.5. The predicted octanol–water partition coefficient (Wildman–Crippen LogP) is 3.01. The topological polar surface area (TPSA) is 67.7 Å². The summed E-state index contributed by atoms with van der Waals surface area (Å²) in [6.07, 6.45) is 3.77. The van der Waals surface area contributed by atoms with Gasteiger partial charge in [-0.1, -0.05) is 24.3 Å². The number of carbonyl (C=O) groups excluding carboxylic acids is 1. The number of hydrogen-bond acceptors (Lipinski definition) is 4. The van der Waals surface area contributed by atoms with Crippen molar-refractivity contribution >= 4 is 11.6 Å². The highest BCUT2D eigenvalue weighted by molar-refractivity contribution is 5.95. The molecule has 1 amide bonds. The number of carbonyl (C=O) groups is 1. The first-order valence-electron chi connectivity index (χ1n) is 9.80. The second-order valence-corrected chi connectivity index (χ2v) is 7.32. The summed E-state index contributed by atoms with van der Waals surface area (Å²) in [6.45, 7) is 6.29. The molecule has 2 aromatic heterocycles. The molecule has 1 saturated heterocycles. The Morgan fingerprint density at radius 2 is 2.00 bits per heavy atom. The first-order valence-corrected chi connectivity index (χ1v) is 9.80. The number of pyridine rings is 1. The highest BCUT2D eigenvalue weighted by Crippen LogP contribution is 2.23. The van der Waals surface area contributed by atoms with Gasteiger partial charge in [0.05, 0.1) is 5.69 Å². The number of benzene rings is 1. The maximum atomic E-state index is 12.9. The minimum absolute atomic E-state index is 0.0760. The van der Waals surface area contributed by atoms with Gasteiger partial charge in [-0.05, 0) is 63.0 Å². The molecule has 0 saturated carbocycles. The van der Waals surface area contributed by atoms with Crippen LogP contribution in [0.4, 0.5) is 0 Å². The van der Waals surface area contributed by atoms with E-state index in [-0.39, 0.29) is 11.9 Å². The normalized spacial score (nSPS) is 14.9. The summed E-state index contributed by atoms with van der Waals surface area (Å²) in [4.78, 5) is 17.5. The Balaban J connectivity index is 1.58. The van der Waals surface area contributed by atoms with Crippen LogP contribution < -0.4 is 15.4 Å². The van der Waals surface area contributed by atoms with Gasteiger partial charge in [0.2, 0.25) is 0 Å². The van der Waals surface area contributed by atoms with Crippen molar-refractivity contribution in [2.24, 2.45) is 0 Å². The summed E-state index contributed by atoms with van der Waals surface area (Å²) in [6, 6.07) is 12.2. The zero-order valence-electron chi connectivity index (χ0n) is 16.4. The molecule has 6 heteroatoms. The third-order valence-corrected chi connectivity index (χ3v) is 5.32. The molecule has 146 valence electrons. The summed E-state index contributed by atoms with van der Waals surface area (Å²) in [5.74, 6) is 0.600. The van der Waals surface area contributed by atoms with Crippen LogP contribution in [-0.4, -0.2) is 34.4 Å². The van der Waals surface area contributed by atoms with E-state index in [0.29, 0.717) is 29.4 Å². The van der Waals surface area contributed by atoms with E-state index in [1.165, 1.54) is 5.56 Å². The van der Waals surface area contributed by atoms with Crippen LogP contribution in [0.25, 0.3) is 5.65 Å². The minimum Gasteiger partial charge on any atom is -0.485 e. The Morgan fingerprint density at radius 3 is 2.79 bits per heavy atom. The number of aromatic nitrogens is 2. The monoisotopic (exact) mass is 378 g/mol. The number of fused-ring (bicyclic) bond motifs is 1. The van der Waals surface area contributed by atoms with E-state index in [4.69, 9.17) is 4.74 Å². The van der Waals surface area contributed by atoms with Gasteiger partial charge in [-0.25, -0.2) is 4.98 Å². The number of aryl methyl sites for hydroxylation is 2. The third-order valence-electron chi connectivity index (χ3n) is 5.32. The average Bonchev–Trinajstić information content (AvgIpc) is 3.04. The van der Waals surface area contributed by atoms with Crippen LogP contribution in [0.5, 0.6) is 5.75 Å². The van der Waals surface area contributed by atoms with Crippen LogP contribution >= 0.6 is 0 Å². The number of amides is 1. The lowest BCUT2D eigenvalue weighted by molar-refractivity contribution is 0.0923. The number of imidazole rings is 1. The highest BCUT2D eigenvalue weighted by Gasteiger charge is 2.22. The van der Waals surface area contributed by atoms with E-state index in [2.05, 4.69) is 34.7 Å². The molecule has 0 unspecified atom stereocenters. The lowest BCUT2D eigenvalue weighted by Crippen LogP contribution is -2.43. The highest BCUT2D eigenvalue weighted by atomic mass is 16.5. The minimum atomic E-state index is -0.0760. The van der Waals surface area contributed by atoms with Crippen molar-refractivity contribution in [3.63, 3.8) is 0 Å². The fourth-order valence-corrected chi connectivity index (χ4v) is 3.69. The first-order chi connectivity index (χ1) is 13.6.